The predicted octanol–water partition coefficient (Wildman–Crippen LogP) is 2.77. The van der Waals surface area contributed by atoms with E-state index in [-0.39, 0.29) is 5.91 Å². The van der Waals surface area contributed by atoms with Crippen molar-refractivity contribution in [2.75, 3.05) is 32.5 Å². The minimum absolute atomic E-state index is 0.170. The van der Waals surface area contributed by atoms with Gasteiger partial charge >= 0.3 is 0 Å². The summed E-state index contributed by atoms with van der Waals surface area (Å²) in [5.41, 5.74) is 2.59. The van der Waals surface area contributed by atoms with E-state index in [0.29, 0.717) is 23.9 Å². The highest BCUT2D eigenvalue weighted by Gasteiger charge is 2.11. The van der Waals surface area contributed by atoms with Gasteiger partial charge in [-0.1, -0.05) is 25.1 Å². The summed E-state index contributed by atoms with van der Waals surface area (Å²) in [5.74, 6) is 1.03. The van der Waals surface area contributed by atoms with Gasteiger partial charge in [-0.25, -0.2) is 9.97 Å². The molecule has 2 rings (SSSR count). The minimum atomic E-state index is -0.170. The quantitative estimate of drug-likeness (QED) is 0.723. The molecule has 6 nitrogen and oxygen atoms in total. The second-order valence-electron chi connectivity index (χ2n) is 6.23. The summed E-state index contributed by atoms with van der Waals surface area (Å²) in [7, 11) is 4.03. The van der Waals surface area contributed by atoms with Gasteiger partial charge in [0.25, 0.3) is 5.91 Å². The van der Waals surface area contributed by atoms with Crippen LogP contribution in [0.3, 0.4) is 0 Å². The highest BCUT2D eigenvalue weighted by Crippen LogP contribution is 2.20. The fourth-order valence-electron chi connectivity index (χ4n) is 2.52. The van der Waals surface area contributed by atoms with E-state index < -0.39 is 0 Å². The van der Waals surface area contributed by atoms with Crippen molar-refractivity contribution in [3.63, 3.8) is 0 Å². The number of carbonyl (C=O) groups excluding carboxylic acids is 1. The maximum Gasteiger partial charge on any atom is 0.270 e. The summed E-state index contributed by atoms with van der Waals surface area (Å²) in [6.45, 7) is 5.46. The Hall–Kier alpha value is -2.47. The first-order valence-corrected chi connectivity index (χ1v) is 8.63. The Labute approximate surface area is 149 Å². The standard InChI is InChI=1S/C19H27N5O/c1-5-15-9-6-7-10-16(15)23-18-13-17(21-14(2)22-18)19(25)20-11-8-12-24(3)4/h6-7,9-10,13H,5,8,11-12H2,1-4H3,(H,20,25)(H,21,22,23). The molecule has 0 radical (unpaired) electrons. The zero-order chi connectivity index (χ0) is 18.2. The molecule has 2 aromatic rings. The summed E-state index contributed by atoms with van der Waals surface area (Å²) in [6.07, 6.45) is 1.82. The Kier molecular flexibility index (Phi) is 6.89. The van der Waals surface area contributed by atoms with Crippen LogP contribution in [0.2, 0.25) is 0 Å². The molecule has 0 saturated heterocycles. The van der Waals surface area contributed by atoms with Crippen molar-refractivity contribution >= 4 is 17.4 Å². The van der Waals surface area contributed by atoms with Crippen molar-refractivity contribution in [1.82, 2.24) is 20.2 Å². The van der Waals surface area contributed by atoms with Crippen LogP contribution in [-0.4, -0.2) is 48.0 Å². The smallest absolute Gasteiger partial charge is 0.270 e. The lowest BCUT2D eigenvalue weighted by Crippen LogP contribution is -2.28. The number of amides is 1. The Morgan fingerprint density at radius 2 is 1.96 bits per heavy atom. The van der Waals surface area contributed by atoms with E-state index >= 15 is 0 Å². The van der Waals surface area contributed by atoms with E-state index in [0.717, 1.165) is 25.1 Å². The minimum Gasteiger partial charge on any atom is -0.351 e. The van der Waals surface area contributed by atoms with E-state index in [4.69, 9.17) is 0 Å². The molecule has 0 bridgehead atoms. The van der Waals surface area contributed by atoms with Crippen LogP contribution < -0.4 is 10.6 Å². The van der Waals surface area contributed by atoms with Crippen molar-refractivity contribution in [3.8, 4) is 0 Å². The van der Waals surface area contributed by atoms with Crippen molar-refractivity contribution < 1.29 is 4.79 Å². The number of anilines is 2. The number of aromatic nitrogens is 2. The average molecular weight is 341 g/mol. The Bertz CT molecular complexity index is 715. The third kappa shape index (κ3) is 5.83. The molecule has 0 unspecified atom stereocenters. The lowest BCUT2D eigenvalue weighted by Gasteiger charge is -2.12. The fraction of sp³-hybridized carbons (Fsp3) is 0.421. The molecule has 25 heavy (non-hydrogen) atoms. The highest BCUT2D eigenvalue weighted by molar-refractivity contribution is 5.93. The third-order valence-corrected chi connectivity index (χ3v) is 3.80. The van der Waals surface area contributed by atoms with Crippen LogP contribution in [-0.2, 0) is 6.42 Å². The normalized spacial score (nSPS) is 10.8. The molecule has 1 aromatic carbocycles. The number of carbonyl (C=O) groups is 1. The zero-order valence-electron chi connectivity index (χ0n) is 15.5. The largest absolute Gasteiger partial charge is 0.351 e. The first-order valence-electron chi connectivity index (χ1n) is 8.63. The van der Waals surface area contributed by atoms with E-state index in [1.165, 1.54) is 5.56 Å². The molecular formula is C19H27N5O. The van der Waals surface area contributed by atoms with E-state index in [1.807, 2.05) is 32.3 Å². The van der Waals surface area contributed by atoms with Gasteiger partial charge in [-0.3, -0.25) is 4.79 Å². The molecule has 0 fully saturated rings. The molecule has 2 N–H and O–H groups in total. The lowest BCUT2D eigenvalue weighted by molar-refractivity contribution is 0.0947. The topological polar surface area (TPSA) is 70.2 Å². The van der Waals surface area contributed by atoms with Gasteiger partial charge in [0.15, 0.2) is 0 Å². The molecule has 0 aliphatic carbocycles. The molecule has 1 heterocycles. The molecular weight excluding hydrogens is 314 g/mol. The van der Waals surface area contributed by atoms with Gasteiger partial charge in [0, 0.05) is 18.3 Å². The van der Waals surface area contributed by atoms with Gasteiger partial charge in [0.05, 0.1) is 0 Å². The van der Waals surface area contributed by atoms with Gasteiger partial charge in [-0.2, -0.15) is 0 Å². The fourth-order valence-corrected chi connectivity index (χ4v) is 2.52. The van der Waals surface area contributed by atoms with Crippen LogP contribution in [0.15, 0.2) is 30.3 Å². The number of benzene rings is 1. The maximum absolute atomic E-state index is 12.3. The number of hydrogen-bond acceptors (Lipinski definition) is 5. The van der Waals surface area contributed by atoms with Crippen LogP contribution >= 0.6 is 0 Å². The number of aryl methyl sites for hydroxylation is 2. The summed E-state index contributed by atoms with van der Waals surface area (Å²) in [5, 5.41) is 6.22. The molecule has 0 spiro atoms. The van der Waals surface area contributed by atoms with Crippen molar-refractivity contribution in [2.24, 2.45) is 0 Å². The summed E-state index contributed by atoms with van der Waals surface area (Å²) in [6, 6.07) is 9.78. The van der Waals surface area contributed by atoms with Crippen LogP contribution in [0.5, 0.6) is 0 Å². The number of hydrogen-bond donors (Lipinski definition) is 2. The number of para-hydroxylation sites is 1. The Morgan fingerprint density at radius 1 is 1.20 bits per heavy atom. The Morgan fingerprint density at radius 3 is 2.68 bits per heavy atom. The molecule has 0 atom stereocenters. The maximum atomic E-state index is 12.3. The van der Waals surface area contributed by atoms with Crippen LogP contribution in [0.25, 0.3) is 0 Å². The second kappa shape index (κ2) is 9.13. The summed E-state index contributed by atoms with van der Waals surface area (Å²) < 4.78 is 0. The van der Waals surface area contributed by atoms with Crippen molar-refractivity contribution in [3.05, 3.63) is 47.4 Å². The predicted molar refractivity (Wildman–Crippen MR) is 101 cm³/mol. The summed E-state index contributed by atoms with van der Waals surface area (Å²) in [4.78, 5) is 23.1. The van der Waals surface area contributed by atoms with Crippen LogP contribution in [0.4, 0.5) is 11.5 Å². The van der Waals surface area contributed by atoms with Crippen molar-refractivity contribution in [2.45, 2.75) is 26.7 Å². The number of rotatable bonds is 8. The Balaban J connectivity index is 2.08. The van der Waals surface area contributed by atoms with E-state index in [1.54, 1.807) is 13.0 Å². The third-order valence-electron chi connectivity index (χ3n) is 3.80. The number of nitrogens with zero attached hydrogens (tertiary/aromatic N) is 3. The zero-order valence-corrected chi connectivity index (χ0v) is 15.5. The molecule has 0 aliphatic rings. The molecule has 1 aromatic heterocycles. The highest BCUT2D eigenvalue weighted by atomic mass is 16.1. The average Bonchev–Trinajstić information content (AvgIpc) is 2.58. The van der Waals surface area contributed by atoms with Crippen molar-refractivity contribution in [1.29, 1.82) is 0 Å². The summed E-state index contributed by atoms with van der Waals surface area (Å²) >= 11 is 0. The second-order valence-corrected chi connectivity index (χ2v) is 6.23. The first kappa shape index (κ1) is 18.9. The van der Waals surface area contributed by atoms with Gasteiger partial charge in [0.1, 0.15) is 17.3 Å². The van der Waals surface area contributed by atoms with Crippen LogP contribution in [0.1, 0.15) is 35.2 Å². The SMILES string of the molecule is CCc1ccccc1Nc1cc(C(=O)NCCCN(C)C)nc(C)n1. The molecule has 134 valence electrons. The molecule has 0 aliphatic heterocycles. The van der Waals surface area contributed by atoms with E-state index in [9.17, 15) is 4.79 Å². The van der Waals surface area contributed by atoms with Gasteiger partial charge in [-0.15, -0.1) is 0 Å². The molecule has 1 amide bonds. The van der Waals surface area contributed by atoms with Gasteiger partial charge in [0.2, 0.25) is 0 Å². The molecule has 6 heteroatoms. The number of nitrogens with one attached hydrogen (secondary N) is 2. The monoisotopic (exact) mass is 341 g/mol. The van der Waals surface area contributed by atoms with Crippen LogP contribution in [0, 0.1) is 6.92 Å². The van der Waals surface area contributed by atoms with Gasteiger partial charge in [-0.05, 0) is 52.0 Å². The molecule has 0 saturated carbocycles. The van der Waals surface area contributed by atoms with E-state index in [2.05, 4.69) is 38.5 Å². The lowest BCUT2D eigenvalue weighted by atomic mass is 10.1. The van der Waals surface area contributed by atoms with Gasteiger partial charge < -0.3 is 15.5 Å². The first-order chi connectivity index (χ1) is 12.0.